The van der Waals surface area contributed by atoms with Gasteiger partial charge in [0.1, 0.15) is 12.2 Å². The first kappa shape index (κ1) is 21.2. The molecule has 0 bridgehead atoms. The first-order valence-electron chi connectivity index (χ1n) is 10.0. The van der Waals surface area contributed by atoms with Gasteiger partial charge in [0.25, 0.3) is 5.91 Å². The second-order valence-corrected chi connectivity index (χ2v) is 7.55. The summed E-state index contributed by atoms with van der Waals surface area (Å²) in [5, 5.41) is 2.60. The minimum absolute atomic E-state index is 0.0179. The standard InChI is InChI=1S/C23H19N2O7/c24-19(27)17(11-5-6-12-26)23(16-10-4-3-9-15(16)22(30)32-23)25-20(28)18-13-7-1-2-8-14(13)21(29)31-18/h1-4,7-10,12,17-18,24H,5-6,11H2,(H,25,28). The topological polar surface area (TPSA) is 140 Å². The third-order valence-corrected chi connectivity index (χ3v) is 5.66. The van der Waals surface area contributed by atoms with Crippen molar-refractivity contribution in [3.63, 3.8) is 0 Å². The Bertz CT molecular complexity index is 1130. The highest BCUT2D eigenvalue weighted by molar-refractivity contribution is 6.01. The quantitative estimate of drug-likeness (QED) is 0.379. The molecule has 0 fully saturated rings. The average molecular weight is 435 g/mol. The Hall–Kier alpha value is -4.01. The maximum Gasteiger partial charge on any atom is 0.341 e. The van der Waals surface area contributed by atoms with E-state index in [1.807, 2.05) is 0 Å². The van der Waals surface area contributed by atoms with Crippen LogP contribution in [0.15, 0.2) is 48.5 Å². The predicted molar refractivity (Wildman–Crippen MR) is 108 cm³/mol. The molecular weight excluding hydrogens is 416 g/mol. The number of ether oxygens (including phenoxy) is 2. The summed E-state index contributed by atoms with van der Waals surface area (Å²) >= 11 is 0. The number of hydrogen-bond donors (Lipinski definition) is 1. The van der Waals surface area contributed by atoms with Crippen molar-refractivity contribution in [2.45, 2.75) is 31.1 Å². The van der Waals surface area contributed by atoms with Crippen molar-refractivity contribution in [2.24, 2.45) is 5.92 Å². The summed E-state index contributed by atoms with van der Waals surface area (Å²) in [6.45, 7) is 0. The highest BCUT2D eigenvalue weighted by Crippen LogP contribution is 2.43. The maximum absolute atomic E-state index is 13.3. The van der Waals surface area contributed by atoms with E-state index in [4.69, 9.17) is 15.2 Å². The molecule has 2 aromatic carbocycles. The lowest BCUT2D eigenvalue weighted by Crippen LogP contribution is -2.55. The molecule has 0 spiro atoms. The SMILES string of the molecule is [NH]C(=O)C(CCCC=O)C1(NC(=O)C2OC(=O)c3ccccc32)OC(=O)c2ccccc21. The Morgan fingerprint density at radius 3 is 2.47 bits per heavy atom. The van der Waals surface area contributed by atoms with Gasteiger partial charge < -0.3 is 19.6 Å². The van der Waals surface area contributed by atoms with E-state index in [1.165, 1.54) is 18.2 Å². The van der Waals surface area contributed by atoms with E-state index in [-0.39, 0.29) is 36.0 Å². The van der Waals surface area contributed by atoms with E-state index in [0.29, 0.717) is 11.8 Å². The molecule has 163 valence electrons. The summed E-state index contributed by atoms with van der Waals surface area (Å²) in [5.41, 5.74) is 6.82. The molecule has 3 atom stereocenters. The number of carbonyl (C=O) groups excluding carboxylic acids is 5. The molecule has 2 aromatic rings. The molecule has 3 unspecified atom stereocenters. The summed E-state index contributed by atoms with van der Waals surface area (Å²) in [6, 6.07) is 12.6. The molecule has 2 N–H and O–H groups in total. The maximum atomic E-state index is 13.3. The van der Waals surface area contributed by atoms with Crippen molar-refractivity contribution in [3.05, 3.63) is 70.8 Å². The number of fused-ring (bicyclic) bond motifs is 2. The van der Waals surface area contributed by atoms with Crippen LogP contribution >= 0.6 is 0 Å². The summed E-state index contributed by atoms with van der Waals surface area (Å²) < 4.78 is 10.8. The summed E-state index contributed by atoms with van der Waals surface area (Å²) in [5.74, 6) is -4.56. The predicted octanol–water partition coefficient (Wildman–Crippen LogP) is 1.83. The van der Waals surface area contributed by atoms with Crippen LogP contribution in [0, 0.1) is 5.92 Å². The molecule has 2 heterocycles. The van der Waals surface area contributed by atoms with Crippen LogP contribution in [0.2, 0.25) is 0 Å². The Morgan fingerprint density at radius 2 is 1.75 bits per heavy atom. The van der Waals surface area contributed by atoms with Crippen molar-refractivity contribution >= 4 is 30.0 Å². The lowest BCUT2D eigenvalue weighted by molar-refractivity contribution is -0.149. The van der Waals surface area contributed by atoms with Gasteiger partial charge in [-0.3, -0.25) is 15.3 Å². The van der Waals surface area contributed by atoms with Gasteiger partial charge in [-0.25, -0.2) is 9.59 Å². The van der Waals surface area contributed by atoms with Crippen molar-refractivity contribution in [1.82, 2.24) is 11.1 Å². The molecule has 9 heteroatoms. The summed E-state index contributed by atoms with van der Waals surface area (Å²) in [7, 11) is 0. The van der Waals surface area contributed by atoms with Crippen LogP contribution in [0.3, 0.4) is 0 Å². The molecule has 1 radical (unpaired) electrons. The van der Waals surface area contributed by atoms with Crippen LogP contribution in [0.25, 0.3) is 0 Å². The number of aldehydes is 1. The van der Waals surface area contributed by atoms with Gasteiger partial charge in [0.2, 0.25) is 17.7 Å². The zero-order valence-electron chi connectivity index (χ0n) is 16.8. The third-order valence-electron chi connectivity index (χ3n) is 5.66. The van der Waals surface area contributed by atoms with Gasteiger partial charge in [-0.15, -0.1) is 0 Å². The Labute approximate surface area is 182 Å². The van der Waals surface area contributed by atoms with Crippen LogP contribution in [0.1, 0.15) is 57.2 Å². The minimum atomic E-state index is -1.96. The fourth-order valence-electron chi connectivity index (χ4n) is 4.19. The molecular formula is C23H19N2O7. The normalized spacial score (nSPS) is 21.7. The number of amides is 2. The average Bonchev–Trinajstić information content (AvgIpc) is 3.26. The fraction of sp³-hybridized carbons (Fsp3) is 0.261. The van der Waals surface area contributed by atoms with Crippen molar-refractivity contribution in [1.29, 1.82) is 0 Å². The Kier molecular flexibility index (Phi) is 5.48. The van der Waals surface area contributed by atoms with Crippen molar-refractivity contribution < 1.29 is 33.4 Å². The molecule has 0 saturated carbocycles. The molecule has 2 amide bonds. The molecule has 0 aromatic heterocycles. The number of rotatable bonds is 8. The van der Waals surface area contributed by atoms with Crippen LogP contribution in [0.4, 0.5) is 0 Å². The number of nitrogens with one attached hydrogen (secondary N) is 2. The fourth-order valence-corrected chi connectivity index (χ4v) is 4.19. The van der Waals surface area contributed by atoms with Crippen LogP contribution < -0.4 is 11.1 Å². The van der Waals surface area contributed by atoms with E-state index in [9.17, 15) is 24.0 Å². The lowest BCUT2D eigenvalue weighted by Gasteiger charge is -2.36. The number of cyclic esters (lactones) is 2. The van der Waals surface area contributed by atoms with E-state index in [1.54, 1.807) is 30.3 Å². The summed E-state index contributed by atoms with van der Waals surface area (Å²) in [6.07, 6.45) is -0.225. The minimum Gasteiger partial charge on any atom is -0.444 e. The second kappa shape index (κ2) is 8.26. The molecule has 0 aliphatic carbocycles. The second-order valence-electron chi connectivity index (χ2n) is 7.55. The van der Waals surface area contributed by atoms with E-state index in [2.05, 4.69) is 5.32 Å². The van der Waals surface area contributed by atoms with Crippen LogP contribution in [0.5, 0.6) is 0 Å². The number of hydrogen-bond acceptors (Lipinski definition) is 7. The first-order valence-corrected chi connectivity index (χ1v) is 10.0. The monoisotopic (exact) mass is 435 g/mol. The smallest absolute Gasteiger partial charge is 0.341 e. The molecule has 4 rings (SSSR count). The molecule has 32 heavy (non-hydrogen) atoms. The first-order chi connectivity index (χ1) is 15.4. The molecule has 9 nitrogen and oxygen atoms in total. The van der Waals surface area contributed by atoms with Gasteiger partial charge >= 0.3 is 11.9 Å². The highest BCUT2D eigenvalue weighted by Gasteiger charge is 2.55. The Balaban J connectivity index is 1.75. The van der Waals surface area contributed by atoms with Gasteiger partial charge in [-0.05, 0) is 25.0 Å². The van der Waals surface area contributed by atoms with Gasteiger partial charge in [-0.1, -0.05) is 36.4 Å². The Morgan fingerprint density at radius 1 is 1.06 bits per heavy atom. The molecule has 2 aliphatic rings. The number of unbranched alkanes of at least 4 members (excludes halogenated alkanes) is 1. The van der Waals surface area contributed by atoms with E-state index in [0.717, 1.165) is 0 Å². The van der Waals surface area contributed by atoms with Gasteiger partial charge in [0, 0.05) is 17.5 Å². The van der Waals surface area contributed by atoms with Crippen molar-refractivity contribution in [2.75, 3.05) is 0 Å². The van der Waals surface area contributed by atoms with E-state index < -0.39 is 41.5 Å². The number of benzene rings is 2. The third kappa shape index (κ3) is 3.41. The number of carbonyl (C=O) groups is 5. The van der Waals surface area contributed by atoms with Gasteiger partial charge in [0.05, 0.1) is 11.1 Å². The largest absolute Gasteiger partial charge is 0.444 e. The highest BCUT2D eigenvalue weighted by atomic mass is 16.6. The lowest BCUT2D eigenvalue weighted by atomic mass is 9.83. The summed E-state index contributed by atoms with van der Waals surface area (Å²) in [4.78, 5) is 61.2. The molecule has 2 aliphatic heterocycles. The molecule has 0 saturated heterocycles. The van der Waals surface area contributed by atoms with Crippen molar-refractivity contribution in [3.8, 4) is 0 Å². The zero-order chi connectivity index (χ0) is 22.9. The van der Waals surface area contributed by atoms with Gasteiger partial charge in [0.15, 0.2) is 0 Å². The van der Waals surface area contributed by atoms with Crippen LogP contribution in [-0.4, -0.2) is 30.0 Å². The zero-order valence-corrected chi connectivity index (χ0v) is 16.8. The van der Waals surface area contributed by atoms with E-state index >= 15 is 0 Å². The van der Waals surface area contributed by atoms with Crippen LogP contribution in [-0.2, 0) is 29.6 Å². The van der Waals surface area contributed by atoms with Gasteiger partial charge in [-0.2, -0.15) is 0 Å². The number of esters is 2.